The Morgan fingerprint density at radius 3 is 2.75 bits per heavy atom. The van der Waals surface area contributed by atoms with E-state index in [0.29, 0.717) is 11.9 Å². The zero-order valence-electron chi connectivity index (χ0n) is 12.1. The number of fused-ring (bicyclic) bond motifs is 1. The van der Waals surface area contributed by atoms with Crippen LogP contribution in [0.5, 0.6) is 0 Å². The average Bonchev–Trinajstić information content (AvgIpc) is 2.98. The summed E-state index contributed by atoms with van der Waals surface area (Å²) < 4.78 is 4.53. The molecule has 6 heteroatoms. The number of aryl methyl sites for hydroxylation is 3. The highest BCUT2D eigenvalue weighted by molar-refractivity contribution is 7.99. The van der Waals surface area contributed by atoms with Gasteiger partial charge in [-0.25, -0.2) is 9.67 Å². The van der Waals surface area contributed by atoms with Gasteiger partial charge in [0.2, 0.25) is 0 Å². The smallest absolute Gasteiger partial charge is 0.159 e. The predicted molar refractivity (Wildman–Crippen MR) is 85.9 cm³/mol. The Labute approximate surface area is 128 Å². The van der Waals surface area contributed by atoms with E-state index in [9.17, 15) is 0 Å². The van der Waals surface area contributed by atoms with Crippen molar-refractivity contribution in [3.63, 3.8) is 0 Å². The van der Waals surface area contributed by atoms with Gasteiger partial charge < -0.3 is 4.57 Å². The van der Waals surface area contributed by atoms with E-state index in [1.807, 2.05) is 6.92 Å². The minimum Gasteiger partial charge on any atom is -0.310 e. The highest BCUT2D eigenvalue weighted by Crippen LogP contribution is 2.32. The molecule has 0 radical (unpaired) electrons. The molecule has 0 N–H and O–H groups in total. The molecule has 0 spiro atoms. The minimum atomic E-state index is 0.556. The lowest BCUT2D eigenvalue weighted by Crippen LogP contribution is -2.19. The van der Waals surface area contributed by atoms with Crippen LogP contribution >= 0.6 is 23.4 Å². The highest BCUT2D eigenvalue weighted by atomic mass is 35.5. The van der Waals surface area contributed by atoms with Crippen LogP contribution in [-0.2, 0) is 13.0 Å². The summed E-state index contributed by atoms with van der Waals surface area (Å²) in [5.74, 6) is 4.24. The molecule has 2 aromatic heterocycles. The van der Waals surface area contributed by atoms with Gasteiger partial charge in [-0.15, -0.1) is 11.6 Å². The third kappa shape index (κ3) is 2.35. The first-order chi connectivity index (χ1) is 9.76. The van der Waals surface area contributed by atoms with Crippen LogP contribution in [0.3, 0.4) is 0 Å². The van der Waals surface area contributed by atoms with Crippen molar-refractivity contribution in [2.24, 2.45) is 0 Å². The molecule has 20 heavy (non-hydrogen) atoms. The molecule has 0 aromatic carbocycles. The van der Waals surface area contributed by atoms with Crippen LogP contribution in [0.15, 0.2) is 0 Å². The highest BCUT2D eigenvalue weighted by Gasteiger charge is 2.24. The molecule has 0 aliphatic carbocycles. The number of halogens is 1. The molecule has 3 rings (SSSR count). The molecule has 1 aliphatic heterocycles. The van der Waals surface area contributed by atoms with E-state index in [4.69, 9.17) is 16.6 Å². The normalized spacial score (nSPS) is 17.1. The molecule has 0 saturated carbocycles. The van der Waals surface area contributed by atoms with Gasteiger partial charge in [0.1, 0.15) is 11.3 Å². The van der Waals surface area contributed by atoms with Gasteiger partial charge in [-0.05, 0) is 38.2 Å². The Hall–Kier alpha value is -0.680. The number of rotatable bonds is 4. The zero-order chi connectivity index (χ0) is 14.1. The summed E-state index contributed by atoms with van der Waals surface area (Å²) >= 11 is 8.03. The summed E-state index contributed by atoms with van der Waals surface area (Å²) in [5, 5.41) is 4.62. The molecule has 0 bridgehead atoms. The molecule has 4 nitrogen and oxygen atoms in total. The summed E-state index contributed by atoms with van der Waals surface area (Å²) in [7, 11) is 0. The number of alkyl halides is 1. The van der Waals surface area contributed by atoms with E-state index in [1.165, 1.54) is 30.0 Å². The second-order valence-electron chi connectivity index (χ2n) is 5.25. The maximum Gasteiger partial charge on any atom is 0.159 e. The Bertz CT molecular complexity index is 598. The molecule has 110 valence electrons. The van der Waals surface area contributed by atoms with E-state index in [0.717, 1.165) is 30.0 Å². The number of aromatic nitrogens is 4. The van der Waals surface area contributed by atoms with Gasteiger partial charge in [-0.3, -0.25) is 0 Å². The second-order valence-corrected chi connectivity index (χ2v) is 6.86. The van der Waals surface area contributed by atoms with Gasteiger partial charge in [0.15, 0.2) is 5.65 Å². The predicted octanol–water partition coefficient (Wildman–Crippen LogP) is 3.41. The SMILES string of the molecule is CCn1nc(C)c2nc(CCCl)n(C3CCSCC3)c21. The lowest BCUT2D eigenvalue weighted by atomic mass is 10.1. The molecule has 1 saturated heterocycles. The van der Waals surface area contributed by atoms with Crippen molar-refractivity contribution in [3.8, 4) is 0 Å². The van der Waals surface area contributed by atoms with Crippen molar-refractivity contribution in [2.75, 3.05) is 17.4 Å². The van der Waals surface area contributed by atoms with Gasteiger partial charge in [0.25, 0.3) is 0 Å². The molecule has 1 aliphatic rings. The Morgan fingerprint density at radius 1 is 1.35 bits per heavy atom. The molecule has 0 unspecified atom stereocenters. The topological polar surface area (TPSA) is 35.6 Å². The molecular weight excluding hydrogens is 292 g/mol. The van der Waals surface area contributed by atoms with Crippen LogP contribution in [0.25, 0.3) is 11.2 Å². The van der Waals surface area contributed by atoms with Gasteiger partial charge >= 0.3 is 0 Å². The number of thioether (sulfide) groups is 1. The number of hydrogen-bond acceptors (Lipinski definition) is 3. The van der Waals surface area contributed by atoms with Crippen molar-refractivity contribution in [2.45, 2.75) is 45.7 Å². The van der Waals surface area contributed by atoms with E-state index < -0.39 is 0 Å². The fourth-order valence-corrected chi connectivity index (χ4v) is 4.29. The fourth-order valence-electron chi connectivity index (χ4n) is 3.04. The molecular formula is C14H21ClN4S. The zero-order valence-corrected chi connectivity index (χ0v) is 13.7. The van der Waals surface area contributed by atoms with Crippen molar-refractivity contribution >= 4 is 34.5 Å². The summed E-state index contributed by atoms with van der Waals surface area (Å²) in [6.45, 7) is 5.08. The molecule has 0 amide bonds. The Morgan fingerprint density at radius 2 is 2.10 bits per heavy atom. The molecule has 3 heterocycles. The summed E-state index contributed by atoms with van der Waals surface area (Å²) in [6, 6.07) is 0.556. The van der Waals surface area contributed by atoms with E-state index in [1.54, 1.807) is 0 Å². The van der Waals surface area contributed by atoms with Crippen molar-refractivity contribution in [1.82, 2.24) is 19.3 Å². The van der Waals surface area contributed by atoms with Crippen LogP contribution < -0.4 is 0 Å². The minimum absolute atomic E-state index is 0.556. The quantitative estimate of drug-likeness (QED) is 0.812. The third-order valence-electron chi connectivity index (χ3n) is 3.99. The maximum atomic E-state index is 5.98. The number of imidazole rings is 1. The van der Waals surface area contributed by atoms with Gasteiger partial charge in [0.05, 0.1) is 5.69 Å². The van der Waals surface area contributed by atoms with Crippen LogP contribution in [-0.4, -0.2) is 36.7 Å². The van der Waals surface area contributed by atoms with Crippen LogP contribution in [0.2, 0.25) is 0 Å². The van der Waals surface area contributed by atoms with Gasteiger partial charge in [0, 0.05) is 24.9 Å². The van der Waals surface area contributed by atoms with Crippen LogP contribution in [0.4, 0.5) is 0 Å². The fraction of sp³-hybridized carbons (Fsp3) is 0.714. The van der Waals surface area contributed by atoms with Crippen LogP contribution in [0, 0.1) is 6.92 Å². The Balaban J connectivity index is 2.15. The Kier molecular flexibility index (Phi) is 4.26. The first-order valence-corrected chi connectivity index (χ1v) is 9.03. The molecule has 1 fully saturated rings. The van der Waals surface area contributed by atoms with E-state index >= 15 is 0 Å². The number of nitrogens with zero attached hydrogens (tertiary/aromatic N) is 4. The monoisotopic (exact) mass is 312 g/mol. The average molecular weight is 313 g/mol. The van der Waals surface area contributed by atoms with Crippen molar-refractivity contribution < 1.29 is 0 Å². The van der Waals surface area contributed by atoms with E-state index in [-0.39, 0.29) is 0 Å². The third-order valence-corrected chi connectivity index (χ3v) is 5.23. The van der Waals surface area contributed by atoms with Crippen molar-refractivity contribution in [3.05, 3.63) is 11.5 Å². The molecule has 0 atom stereocenters. The van der Waals surface area contributed by atoms with Crippen molar-refractivity contribution in [1.29, 1.82) is 0 Å². The number of hydrogen-bond donors (Lipinski definition) is 0. The maximum absolute atomic E-state index is 5.98. The summed E-state index contributed by atoms with van der Waals surface area (Å²) in [6.07, 6.45) is 3.28. The largest absolute Gasteiger partial charge is 0.310 e. The van der Waals surface area contributed by atoms with Gasteiger partial charge in [-0.1, -0.05) is 0 Å². The lowest BCUT2D eigenvalue weighted by molar-refractivity contribution is 0.455. The summed E-state index contributed by atoms with van der Waals surface area (Å²) in [4.78, 5) is 4.83. The van der Waals surface area contributed by atoms with E-state index in [2.05, 4.69) is 33.0 Å². The van der Waals surface area contributed by atoms with Gasteiger partial charge in [-0.2, -0.15) is 16.9 Å². The molecule has 2 aromatic rings. The second kappa shape index (κ2) is 5.98. The standard InChI is InChI=1S/C14H21ClN4S/c1-3-18-14-13(10(2)17-18)16-12(4-7-15)19(14)11-5-8-20-9-6-11/h11H,3-9H2,1-2H3. The first kappa shape index (κ1) is 14.3. The first-order valence-electron chi connectivity index (χ1n) is 7.34. The lowest BCUT2D eigenvalue weighted by Gasteiger charge is -2.25. The summed E-state index contributed by atoms with van der Waals surface area (Å²) in [5.41, 5.74) is 3.29. The van der Waals surface area contributed by atoms with Crippen LogP contribution in [0.1, 0.15) is 37.3 Å².